The van der Waals surface area contributed by atoms with E-state index in [0.29, 0.717) is 39.6 Å². The summed E-state index contributed by atoms with van der Waals surface area (Å²) in [6.45, 7) is 10.4. The van der Waals surface area contributed by atoms with E-state index in [9.17, 15) is 0 Å². The SMILES string of the molecule is COCCOCCOCCO[Si](C)(C)C. The predicted molar refractivity (Wildman–Crippen MR) is 62.8 cm³/mol. The third-order valence-electron chi connectivity index (χ3n) is 1.57. The molecule has 0 unspecified atom stereocenters. The van der Waals surface area contributed by atoms with Crippen LogP contribution in [0.2, 0.25) is 19.6 Å². The van der Waals surface area contributed by atoms with Gasteiger partial charge in [0.05, 0.1) is 39.6 Å². The fourth-order valence-corrected chi connectivity index (χ4v) is 1.57. The van der Waals surface area contributed by atoms with Gasteiger partial charge in [-0.05, 0) is 19.6 Å². The highest BCUT2D eigenvalue weighted by atomic mass is 28.4. The van der Waals surface area contributed by atoms with Gasteiger partial charge in [-0.2, -0.15) is 0 Å². The van der Waals surface area contributed by atoms with Gasteiger partial charge in [-0.15, -0.1) is 0 Å². The first-order valence-electron chi connectivity index (χ1n) is 5.34. The largest absolute Gasteiger partial charge is 0.415 e. The summed E-state index contributed by atoms with van der Waals surface area (Å²) in [5.41, 5.74) is 0. The highest BCUT2D eigenvalue weighted by molar-refractivity contribution is 6.69. The molecule has 0 fully saturated rings. The predicted octanol–water partition coefficient (Wildman–Crippen LogP) is 1.52. The Labute approximate surface area is 94.0 Å². The maximum absolute atomic E-state index is 5.63. The Balaban J connectivity index is 2.99. The van der Waals surface area contributed by atoms with E-state index in [1.54, 1.807) is 7.11 Å². The van der Waals surface area contributed by atoms with E-state index in [-0.39, 0.29) is 0 Å². The molecular weight excluding hydrogens is 212 g/mol. The second kappa shape index (κ2) is 9.29. The van der Waals surface area contributed by atoms with Crippen LogP contribution in [0.3, 0.4) is 0 Å². The molecule has 0 saturated heterocycles. The Hall–Kier alpha value is 0.0569. The van der Waals surface area contributed by atoms with Crippen molar-refractivity contribution in [2.24, 2.45) is 0 Å². The zero-order valence-electron chi connectivity index (χ0n) is 10.4. The van der Waals surface area contributed by atoms with Crippen LogP contribution in [0, 0.1) is 0 Å². The quantitative estimate of drug-likeness (QED) is 0.426. The average Bonchev–Trinajstić information content (AvgIpc) is 2.14. The molecule has 0 aromatic carbocycles. The van der Waals surface area contributed by atoms with Crippen LogP contribution in [-0.4, -0.2) is 55.1 Å². The summed E-state index contributed by atoms with van der Waals surface area (Å²) in [6.07, 6.45) is 0. The number of rotatable bonds is 10. The van der Waals surface area contributed by atoms with Crippen molar-refractivity contribution in [2.75, 3.05) is 46.8 Å². The fourth-order valence-electron chi connectivity index (χ4n) is 0.871. The van der Waals surface area contributed by atoms with E-state index in [0.717, 1.165) is 0 Å². The smallest absolute Gasteiger partial charge is 0.183 e. The van der Waals surface area contributed by atoms with Crippen LogP contribution in [0.4, 0.5) is 0 Å². The van der Waals surface area contributed by atoms with Crippen molar-refractivity contribution in [2.45, 2.75) is 19.6 Å². The van der Waals surface area contributed by atoms with Crippen LogP contribution in [0.15, 0.2) is 0 Å². The molecule has 0 amide bonds. The summed E-state index contributed by atoms with van der Waals surface area (Å²) in [7, 11) is 0.289. The number of methoxy groups -OCH3 is 1. The van der Waals surface area contributed by atoms with Crippen LogP contribution in [-0.2, 0) is 18.6 Å². The normalized spacial score (nSPS) is 12.0. The van der Waals surface area contributed by atoms with Gasteiger partial charge >= 0.3 is 0 Å². The van der Waals surface area contributed by atoms with Crippen molar-refractivity contribution in [3.05, 3.63) is 0 Å². The van der Waals surface area contributed by atoms with Gasteiger partial charge in [-0.25, -0.2) is 0 Å². The molecule has 5 heteroatoms. The Bertz CT molecular complexity index is 136. The molecule has 0 heterocycles. The third kappa shape index (κ3) is 14.1. The minimum absolute atomic E-state index is 0.621. The minimum Gasteiger partial charge on any atom is -0.415 e. The molecule has 0 aromatic heterocycles. The van der Waals surface area contributed by atoms with Crippen LogP contribution < -0.4 is 0 Å². The molecule has 0 saturated carbocycles. The van der Waals surface area contributed by atoms with Crippen molar-refractivity contribution in [3.63, 3.8) is 0 Å². The summed E-state index contributed by atoms with van der Waals surface area (Å²) >= 11 is 0. The highest BCUT2D eigenvalue weighted by Crippen LogP contribution is 2.01. The third-order valence-corrected chi connectivity index (χ3v) is 2.64. The maximum atomic E-state index is 5.63. The maximum Gasteiger partial charge on any atom is 0.183 e. The Morgan fingerprint density at radius 1 is 0.733 bits per heavy atom. The molecule has 0 rings (SSSR count). The van der Waals surface area contributed by atoms with Crippen molar-refractivity contribution in [1.29, 1.82) is 0 Å². The van der Waals surface area contributed by atoms with E-state index in [1.165, 1.54) is 0 Å². The summed E-state index contributed by atoms with van der Waals surface area (Å²) in [5.74, 6) is 0. The van der Waals surface area contributed by atoms with E-state index in [4.69, 9.17) is 18.6 Å². The molecule has 4 nitrogen and oxygen atoms in total. The Morgan fingerprint density at radius 2 is 1.20 bits per heavy atom. The summed E-state index contributed by atoms with van der Waals surface area (Å²) in [6, 6.07) is 0. The van der Waals surface area contributed by atoms with E-state index < -0.39 is 8.32 Å². The average molecular weight is 236 g/mol. The standard InChI is InChI=1S/C10H24O4Si/c1-11-5-6-12-7-8-13-9-10-14-15(2,3)4/h5-10H2,1-4H3. The molecule has 0 spiro atoms. The van der Waals surface area contributed by atoms with E-state index in [2.05, 4.69) is 19.6 Å². The molecule has 0 radical (unpaired) electrons. The molecule has 0 atom stereocenters. The van der Waals surface area contributed by atoms with Gasteiger partial charge in [0.2, 0.25) is 0 Å². The Morgan fingerprint density at radius 3 is 1.67 bits per heavy atom. The first-order chi connectivity index (χ1) is 7.06. The molecule has 0 aliphatic carbocycles. The van der Waals surface area contributed by atoms with Crippen molar-refractivity contribution in [1.82, 2.24) is 0 Å². The molecule has 0 aliphatic heterocycles. The van der Waals surface area contributed by atoms with Gasteiger partial charge in [0.25, 0.3) is 0 Å². The van der Waals surface area contributed by atoms with Gasteiger partial charge in [-0.1, -0.05) is 0 Å². The van der Waals surface area contributed by atoms with Crippen molar-refractivity contribution in [3.8, 4) is 0 Å². The zero-order chi connectivity index (χ0) is 11.6. The molecule has 0 aliphatic rings. The number of ether oxygens (including phenoxy) is 3. The monoisotopic (exact) mass is 236 g/mol. The lowest BCUT2D eigenvalue weighted by molar-refractivity contribution is 0.0174. The first kappa shape index (κ1) is 15.1. The molecule has 92 valence electrons. The van der Waals surface area contributed by atoms with Crippen LogP contribution >= 0.6 is 0 Å². The summed E-state index contributed by atoms with van der Waals surface area (Å²) in [5, 5.41) is 0. The van der Waals surface area contributed by atoms with Crippen LogP contribution in [0.1, 0.15) is 0 Å². The first-order valence-corrected chi connectivity index (χ1v) is 8.75. The lowest BCUT2D eigenvalue weighted by Gasteiger charge is -2.16. The topological polar surface area (TPSA) is 36.9 Å². The van der Waals surface area contributed by atoms with Gasteiger partial charge in [0.15, 0.2) is 8.32 Å². The van der Waals surface area contributed by atoms with Gasteiger partial charge in [0.1, 0.15) is 0 Å². The number of hydrogen-bond acceptors (Lipinski definition) is 4. The number of hydrogen-bond donors (Lipinski definition) is 0. The minimum atomic E-state index is -1.37. The Kier molecular flexibility index (Phi) is 9.33. The fraction of sp³-hybridized carbons (Fsp3) is 1.00. The lowest BCUT2D eigenvalue weighted by atomic mass is 10.7. The summed E-state index contributed by atoms with van der Waals surface area (Å²) in [4.78, 5) is 0. The lowest BCUT2D eigenvalue weighted by Crippen LogP contribution is -2.27. The van der Waals surface area contributed by atoms with E-state index in [1.807, 2.05) is 0 Å². The van der Waals surface area contributed by atoms with Gasteiger partial charge in [-0.3, -0.25) is 0 Å². The van der Waals surface area contributed by atoms with Crippen LogP contribution in [0.25, 0.3) is 0 Å². The van der Waals surface area contributed by atoms with Gasteiger partial charge < -0.3 is 18.6 Å². The summed E-state index contributed by atoms with van der Waals surface area (Å²) < 4.78 is 21.1. The van der Waals surface area contributed by atoms with E-state index >= 15 is 0 Å². The molecule has 0 bridgehead atoms. The molecule has 0 aromatic rings. The van der Waals surface area contributed by atoms with Gasteiger partial charge in [0, 0.05) is 7.11 Å². The van der Waals surface area contributed by atoms with Crippen molar-refractivity contribution >= 4 is 8.32 Å². The van der Waals surface area contributed by atoms with Crippen molar-refractivity contribution < 1.29 is 18.6 Å². The van der Waals surface area contributed by atoms with Crippen LogP contribution in [0.5, 0.6) is 0 Å². The second-order valence-electron chi connectivity index (χ2n) is 4.18. The molecular formula is C10H24O4Si. The molecule has 15 heavy (non-hydrogen) atoms. The zero-order valence-corrected chi connectivity index (χ0v) is 11.4. The molecule has 0 N–H and O–H groups in total. The highest BCUT2D eigenvalue weighted by Gasteiger charge is 2.12. The second-order valence-corrected chi connectivity index (χ2v) is 8.69.